The van der Waals surface area contributed by atoms with Gasteiger partial charge in [0.05, 0.1) is 19.8 Å². The quantitative estimate of drug-likeness (QED) is 0.422. The van der Waals surface area contributed by atoms with Crippen LogP contribution < -0.4 is 5.32 Å². The first-order valence-corrected chi connectivity index (χ1v) is 9.75. The van der Waals surface area contributed by atoms with Crippen molar-refractivity contribution in [3.8, 4) is 0 Å². The van der Waals surface area contributed by atoms with E-state index in [4.69, 9.17) is 9.47 Å². The zero-order valence-corrected chi connectivity index (χ0v) is 17.1. The molecule has 0 aliphatic heterocycles. The molecular weight excluding hydrogens is 334 g/mol. The number of amides is 1. The Hall–Kier alpha value is -1.27. The number of carbonyl (C=O) groups is 3. The minimum atomic E-state index is -0.280. The number of carbonyl (C=O) groups excluding carboxylic acids is 3. The molecule has 0 heterocycles. The number of ether oxygens (including phenoxy) is 2. The topological polar surface area (TPSA) is 81.7 Å². The zero-order chi connectivity index (χ0) is 19.9. The molecule has 6 nitrogen and oxygen atoms in total. The third-order valence-corrected chi connectivity index (χ3v) is 3.93. The van der Waals surface area contributed by atoms with Crippen molar-refractivity contribution in [1.82, 2.24) is 5.32 Å². The van der Waals surface area contributed by atoms with Gasteiger partial charge in [-0.1, -0.05) is 34.6 Å². The zero-order valence-electron chi connectivity index (χ0n) is 17.1. The molecule has 1 N–H and O–H groups in total. The fourth-order valence-corrected chi connectivity index (χ4v) is 2.48. The number of hydrogen-bond donors (Lipinski definition) is 1. The van der Waals surface area contributed by atoms with Gasteiger partial charge in [-0.05, 0) is 18.8 Å². The second-order valence-electron chi connectivity index (χ2n) is 7.40. The van der Waals surface area contributed by atoms with Crippen molar-refractivity contribution in [2.24, 2.45) is 17.8 Å². The largest absolute Gasteiger partial charge is 0.377 e. The Kier molecular flexibility index (Phi) is 14.1. The summed E-state index contributed by atoms with van der Waals surface area (Å²) in [6, 6.07) is 0. The summed E-state index contributed by atoms with van der Waals surface area (Å²) in [6.07, 6.45) is 2.37. The Bertz CT molecular complexity index is 420. The van der Waals surface area contributed by atoms with Gasteiger partial charge in [-0.15, -0.1) is 0 Å². The van der Waals surface area contributed by atoms with Gasteiger partial charge in [0.25, 0.3) is 0 Å². The predicted molar refractivity (Wildman–Crippen MR) is 102 cm³/mol. The van der Waals surface area contributed by atoms with Crippen molar-refractivity contribution in [2.75, 3.05) is 33.0 Å². The molecule has 6 heteroatoms. The first-order valence-electron chi connectivity index (χ1n) is 9.75. The molecule has 0 aliphatic rings. The monoisotopic (exact) mass is 371 g/mol. The second-order valence-corrected chi connectivity index (χ2v) is 7.40. The molecule has 152 valence electrons. The summed E-state index contributed by atoms with van der Waals surface area (Å²) in [6.45, 7) is 11.4. The van der Waals surface area contributed by atoms with Crippen molar-refractivity contribution in [3.63, 3.8) is 0 Å². The molecule has 1 amide bonds. The number of ketones is 2. The van der Waals surface area contributed by atoms with Gasteiger partial charge in [-0.25, -0.2) is 0 Å². The van der Waals surface area contributed by atoms with E-state index in [1.807, 2.05) is 20.8 Å². The molecule has 1 atom stereocenters. The first-order chi connectivity index (χ1) is 12.3. The summed E-state index contributed by atoms with van der Waals surface area (Å²) < 4.78 is 10.6. The van der Waals surface area contributed by atoms with Crippen molar-refractivity contribution in [3.05, 3.63) is 0 Å². The van der Waals surface area contributed by atoms with E-state index in [9.17, 15) is 14.4 Å². The van der Waals surface area contributed by atoms with Gasteiger partial charge in [-0.2, -0.15) is 0 Å². The van der Waals surface area contributed by atoms with Gasteiger partial charge in [0.2, 0.25) is 5.91 Å². The van der Waals surface area contributed by atoms with Crippen molar-refractivity contribution >= 4 is 17.5 Å². The normalized spacial score (nSPS) is 12.4. The molecule has 0 saturated heterocycles. The van der Waals surface area contributed by atoms with Crippen molar-refractivity contribution < 1.29 is 23.9 Å². The minimum absolute atomic E-state index is 0.0509. The summed E-state index contributed by atoms with van der Waals surface area (Å²) in [7, 11) is 0. The van der Waals surface area contributed by atoms with Crippen LogP contribution in [0, 0.1) is 17.8 Å². The van der Waals surface area contributed by atoms with Crippen LogP contribution in [-0.4, -0.2) is 50.4 Å². The summed E-state index contributed by atoms with van der Waals surface area (Å²) >= 11 is 0. The molecule has 1 unspecified atom stereocenters. The maximum atomic E-state index is 12.3. The Morgan fingerprint density at radius 1 is 0.962 bits per heavy atom. The fraction of sp³-hybridized carbons (Fsp3) is 0.850. The van der Waals surface area contributed by atoms with E-state index < -0.39 is 0 Å². The highest BCUT2D eigenvalue weighted by atomic mass is 16.5. The van der Waals surface area contributed by atoms with E-state index in [0.29, 0.717) is 51.5 Å². The van der Waals surface area contributed by atoms with E-state index in [2.05, 4.69) is 19.2 Å². The van der Waals surface area contributed by atoms with Crippen LogP contribution in [0.4, 0.5) is 0 Å². The number of Topliss-reactive ketones (excluding diaryl/α,β-unsaturated/α-hetero) is 2. The molecule has 0 spiro atoms. The lowest BCUT2D eigenvalue weighted by Gasteiger charge is -2.19. The summed E-state index contributed by atoms with van der Waals surface area (Å²) in [5.41, 5.74) is 0. The van der Waals surface area contributed by atoms with E-state index >= 15 is 0 Å². The molecule has 0 radical (unpaired) electrons. The molecule has 26 heavy (non-hydrogen) atoms. The Balaban J connectivity index is 3.94. The van der Waals surface area contributed by atoms with Crippen LogP contribution in [-0.2, 0) is 23.9 Å². The van der Waals surface area contributed by atoms with Crippen LogP contribution in [0.1, 0.15) is 60.3 Å². The van der Waals surface area contributed by atoms with Gasteiger partial charge in [0.15, 0.2) is 5.78 Å². The van der Waals surface area contributed by atoms with Crippen LogP contribution in [0.25, 0.3) is 0 Å². The van der Waals surface area contributed by atoms with Gasteiger partial charge >= 0.3 is 0 Å². The highest BCUT2D eigenvalue weighted by molar-refractivity contribution is 5.87. The second kappa shape index (κ2) is 14.9. The molecule has 0 aromatic carbocycles. The number of rotatable bonds is 16. The molecule has 0 aliphatic carbocycles. The molecule has 0 fully saturated rings. The third-order valence-electron chi connectivity index (χ3n) is 3.93. The number of hydrogen-bond acceptors (Lipinski definition) is 5. The lowest BCUT2D eigenvalue weighted by molar-refractivity contribution is -0.131. The summed E-state index contributed by atoms with van der Waals surface area (Å²) in [4.78, 5) is 35.6. The van der Waals surface area contributed by atoms with Gasteiger partial charge < -0.3 is 14.8 Å². The standard InChI is InChI=1S/C20H37NO5/c1-6-7-18(22)14-26-11-10-25-9-8-21-20(24)17(12-15(2)3)13-19(23)16(4)5/h15-17H,6-14H2,1-5H3,(H,21,24). The van der Waals surface area contributed by atoms with Crippen molar-refractivity contribution in [2.45, 2.75) is 60.3 Å². The maximum absolute atomic E-state index is 12.3. The molecule has 0 saturated carbocycles. The van der Waals surface area contributed by atoms with Crippen LogP contribution in [0.5, 0.6) is 0 Å². The van der Waals surface area contributed by atoms with E-state index in [1.165, 1.54) is 0 Å². The molecular formula is C20H37NO5. The van der Waals surface area contributed by atoms with Crippen LogP contribution in [0.2, 0.25) is 0 Å². The first kappa shape index (κ1) is 24.7. The molecule has 0 bridgehead atoms. The van der Waals surface area contributed by atoms with E-state index in [0.717, 1.165) is 6.42 Å². The smallest absolute Gasteiger partial charge is 0.223 e. The highest BCUT2D eigenvalue weighted by Crippen LogP contribution is 2.18. The Morgan fingerprint density at radius 2 is 1.62 bits per heavy atom. The van der Waals surface area contributed by atoms with Gasteiger partial charge in [-0.3, -0.25) is 14.4 Å². The highest BCUT2D eigenvalue weighted by Gasteiger charge is 2.23. The van der Waals surface area contributed by atoms with Gasteiger partial charge in [0, 0.05) is 31.2 Å². The molecule has 0 aromatic heterocycles. The summed E-state index contributed by atoms with van der Waals surface area (Å²) in [5, 5.41) is 2.85. The Labute approximate surface area is 158 Å². The average molecular weight is 372 g/mol. The van der Waals surface area contributed by atoms with Crippen LogP contribution in [0.3, 0.4) is 0 Å². The lowest BCUT2D eigenvalue weighted by atomic mass is 9.89. The van der Waals surface area contributed by atoms with Crippen molar-refractivity contribution in [1.29, 1.82) is 0 Å². The van der Waals surface area contributed by atoms with E-state index in [-0.39, 0.29) is 35.9 Å². The minimum Gasteiger partial charge on any atom is -0.377 e. The number of nitrogens with one attached hydrogen (secondary N) is 1. The summed E-state index contributed by atoms with van der Waals surface area (Å²) in [5.74, 6) is 0.166. The van der Waals surface area contributed by atoms with Crippen LogP contribution >= 0.6 is 0 Å². The Morgan fingerprint density at radius 3 is 2.19 bits per heavy atom. The third kappa shape index (κ3) is 13.0. The fourth-order valence-electron chi connectivity index (χ4n) is 2.48. The molecule has 0 rings (SSSR count). The predicted octanol–water partition coefficient (Wildman–Crippen LogP) is 2.78. The molecule has 0 aromatic rings. The van der Waals surface area contributed by atoms with Gasteiger partial charge in [0.1, 0.15) is 12.4 Å². The maximum Gasteiger partial charge on any atom is 0.223 e. The lowest BCUT2D eigenvalue weighted by Crippen LogP contribution is -2.35. The average Bonchev–Trinajstić information content (AvgIpc) is 2.56. The van der Waals surface area contributed by atoms with Crippen LogP contribution in [0.15, 0.2) is 0 Å². The van der Waals surface area contributed by atoms with E-state index in [1.54, 1.807) is 0 Å². The SMILES string of the molecule is CCCC(=O)COCCOCCNC(=O)C(CC(=O)C(C)C)CC(C)C.